The lowest BCUT2D eigenvalue weighted by Crippen LogP contribution is -2.27. The molecule has 3 heterocycles. The fraction of sp³-hybridized carbons (Fsp3) is 0.526. The molecule has 2 aliphatic heterocycles. The van der Waals surface area contributed by atoms with Gasteiger partial charge in [0.15, 0.2) is 21.3 Å². The molecule has 4 rings (SSSR count). The highest BCUT2D eigenvalue weighted by Gasteiger charge is 2.29. The van der Waals surface area contributed by atoms with Gasteiger partial charge in [0.1, 0.15) is 13.2 Å². The van der Waals surface area contributed by atoms with Crippen molar-refractivity contribution < 1.29 is 27.1 Å². The van der Waals surface area contributed by atoms with E-state index in [1.165, 1.54) is 11.8 Å². The number of ether oxygens (including phenoxy) is 2. The van der Waals surface area contributed by atoms with Crippen LogP contribution in [-0.4, -0.2) is 66.9 Å². The second-order valence-corrected chi connectivity index (χ2v) is 10.6. The number of hydrogen-bond donors (Lipinski definition) is 0. The van der Waals surface area contributed by atoms with Gasteiger partial charge in [-0.1, -0.05) is 17.8 Å². The van der Waals surface area contributed by atoms with Crippen molar-refractivity contribution in [2.75, 3.05) is 37.5 Å². The van der Waals surface area contributed by atoms with Crippen LogP contribution in [-0.2, 0) is 27.6 Å². The first-order valence-electron chi connectivity index (χ1n) is 9.66. The normalized spacial score (nSPS) is 19.6. The summed E-state index contributed by atoms with van der Waals surface area (Å²) in [7, 11) is -1.20. The number of thioether (sulfide) groups is 1. The number of benzene rings is 1. The Kier molecular flexibility index (Phi) is 6.19. The Hall–Kier alpha value is -2.27. The molecule has 1 unspecified atom stereocenters. The van der Waals surface area contributed by atoms with E-state index >= 15 is 0 Å². The summed E-state index contributed by atoms with van der Waals surface area (Å²) in [5.74, 6) is 2.33. The number of fused-ring (bicyclic) bond motifs is 1. The largest absolute Gasteiger partial charge is 0.486 e. The first kappa shape index (κ1) is 21.0. The van der Waals surface area contributed by atoms with Crippen LogP contribution in [0, 0.1) is 5.92 Å². The van der Waals surface area contributed by atoms with Crippen molar-refractivity contribution in [1.82, 2.24) is 15.1 Å². The third-order valence-corrected chi connectivity index (χ3v) is 7.65. The average Bonchev–Trinajstić information content (AvgIpc) is 3.31. The second-order valence-electron chi connectivity index (χ2n) is 7.45. The molecule has 2 aliphatic rings. The molecule has 0 radical (unpaired) electrons. The smallest absolute Gasteiger partial charge is 0.277 e. The van der Waals surface area contributed by atoms with Gasteiger partial charge in [0.05, 0.1) is 17.3 Å². The molecule has 1 aromatic carbocycles. The number of amides is 1. The number of hydrogen-bond acceptors (Lipinski definition) is 9. The summed E-state index contributed by atoms with van der Waals surface area (Å²) in [6, 6.07) is 5.66. The Morgan fingerprint density at radius 2 is 2.03 bits per heavy atom. The van der Waals surface area contributed by atoms with Gasteiger partial charge in [0.2, 0.25) is 11.8 Å². The van der Waals surface area contributed by atoms with Crippen LogP contribution in [0.5, 0.6) is 11.5 Å². The van der Waals surface area contributed by atoms with E-state index in [1.807, 2.05) is 18.2 Å². The topological polar surface area (TPSA) is 112 Å². The molecular weight excluding hydrogens is 430 g/mol. The number of nitrogens with zero attached hydrogens (tertiary/aromatic N) is 3. The lowest BCUT2D eigenvalue weighted by molar-refractivity contribution is -0.127. The Morgan fingerprint density at radius 3 is 2.80 bits per heavy atom. The number of aromatic nitrogens is 2. The molecule has 0 spiro atoms. The minimum Gasteiger partial charge on any atom is -0.486 e. The van der Waals surface area contributed by atoms with Crippen LogP contribution in [0.1, 0.15) is 17.9 Å². The molecule has 9 nitrogen and oxygen atoms in total. The molecule has 0 N–H and O–H groups in total. The van der Waals surface area contributed by atoms with Gasteiger partial charge in [0.25, 0.3) is 5.22 Å². The van der Waals surface area contributed by atoms with E-state index in [0.717, 1.165) is 11.3 Å². The minimum atomic E-state index is -2.93. The van der Waals surface area contributed by atoms with E-state index < -0.39 is 9.84 Å². The molecule has 2 aromatic rings. The molecule has 30 heavy (non-hydrogen) atoms. The van der Waals surface area contributed by atoms with Crippen molar-refractivity contribution in [3.05, 3.63) is 29.7 Å². The van der Waals surface area contributed by atoms with Crippen molar-refractivity contribution >= 4 is 27.5 Å². The zero-order chi connectivity index (χ0) is 21.1. The molecule has 1 atom stereocenters. The van der Waals surface area contributed by atoms with Gasteiger partial charge in [-0.05, 0) is 30.0 Å². The van der Waals surface area contributed by atoms with Crippen molar-refractivity contribution in [2.24, 2.45) is 5.92 Å². The van der Waals surface area contributed by atoms with Gasteiger partial charge in [-0.25, -0.2) is 8.42 Å². The van der Waals surface area contributed by atoms with Crippen LogP contribution in [0.25, 0.3) is 0 Å². The lowest BCUT2D eigenvalue weighted by Gasteiger charge is -2.21. The quantitative estimate of drug-likeness (QED) is 0.577. The molecular formula is C19H23N3O6S2. The Labute approximate surface area is 179 Å². The average molecular weight is 454 g/mol. The van der Waals surface area contributed by atoms with Gasteiger partial charge >= 0.3 is 0 Å². The summed E-state index contributed by atoms with van der Waals surface area (Å²) in [5.41, 5.74) is 0.951. The highest BCUT2D eigenvalue weighted by Crippen LogP contribution is 2.31. The van der Waals surface area contributed by atoms with Crippen molar-refractivity contribution in [3.63, 3.8) is 0 Å². The van der Waals surface area contributed by atoms with Gasteiger partial charge in [-0.3, -0.25) is 4.79 Å². The molecule has 0 saturated carbocycles. The van der Waals surface area contributed by atoms with E-state index in [0.29, 0.717) is 49.5 Å². The molecule has 0 bridgehead atoms. The number of carbonyl (C=O) groups is 1. The Bertz CT molecular complexity index is 1020. The zero-order valence-electron chi connectivity index (χ0n) is 16.6. The number of carbonyl (C=O) groups excluding carboxylic acids is 1. The molecule has 1 saturated heterocycles. The van der Waals surface area contributed by atoms with Crippen LogP contribution in [0.3, 0.4) is 0 Å². The van der Waals surface area contributed by atoms with E-state index in [2.05, 4.69) is 10.2 Å². The van der Waals surface area contributed by atoms with Gasteiger partial charge in [-0.2, -0.15) is 0 Å². The van der Waals surface area contributed by atoms with E-state index in [-0.39, 0.29) is 29.1 Å². The van der Waals surface area contributed by atoms with Gasteiger partial charge in [-0.15, -0.1) is 10.2 Å². The third kappa shape index (κ3) is 5.25. The molecule has 0 aliphatic carbocycles. The maximum absolute atomic E-state index is 12.5. The molecule has 162 valence electrons. The van der Waals surface area contributed by atoms with Crippen LogP contribution in [0.2, 0.25) is 0 Å². The standard InChI is InChI=1S/C19H23N3O6S2/c1-22(10-13-2-3-15-16(8-13)27-6-5-26-15)18(23)11-29-19-21-20-17(28-19)9-14-4-7-30(24,25)12-14/h2-3,8,14H,4-7,9-12H2,1H3. The fourth-order valence-corrected chi connectivity index (χ4v) is 6.02. The van der Waals surface area contributed by atoms with Crippen LogP contribution in [0.15, 0.2) is 27.8 Å². The summed E-state index contributed by atoms with van der Waals surface area (Å²) in [5, 5.41) is 8.24. The summed E-state index contributed by atoms with van der Waals surface area (Å²) in [6.45, 7) is 1.50. The Morgan fingerprint density at radius 1 is 1.23 bits per heavy atom. The molecule has 11 heteroatoms. The SMILES string of the molecule is CN(Cc1ccc2c(c1)OCCO2)C(=O)CSc1nnc(CC2CCS(=O)(=O)C2)o1. The van der Waals surface area contributed by atoms with Crippen LogP contribution < -0.4 is 9.47 Å². The first-order chi connectivity index (χ1) is 14.4. The second kappa shape index (κ2) is 8.84. The zero-order valence-corrected chi connectivity index (χ0v) is 18.2. The van der Waals surface area contributed by atoms with Crippen LogP contribution >= 0.6 is 11.8 Å². The monoisotopic (exact) mass is 453 g/mol. The predicted molar refractivity (Wildman–Crippen MR) is 109 cm³/mol. The highest BCUT2D eigenvalue weighted by atomic mass is 32.2. The molecule has 1 amide bonds. The maximum Gasteiger partial charge on any atom is 0.277 e. The van der Waals surface area contributed by atoms with Crippen molar-refractivity contribution in [2.45, 2.75) is 24.6 Å². The number of rotatable bonds is 7. The fourth-order valence-electron chi connectivity index (χ4n) is 3.44. The summed E-state index contributed by atoms with van der Waals surface area (Å²) in [4.78, 5) is 14.1. The van der Waals surface area contributed by atoms with E-state index in [4.69, 9.17) is 13.9 Å². The first-order valence-corrected chi connectivity index (χ1v) is 12.5. The Balaban J connectivity index is 1.26. The number of sulfone groups is 1. The summed E-state index contributed by atoms with van der Waals surface area (Å²) < 4.78 is 39.8. The lowest BCUT2D eigenvalue weighted by atomic mass is 10.1. The van der Waals surface area contributed by atoms with Gasteiger partial charge < -0.3 is 18.8 Å². The molecule has 1 aromatic heterocycles. The van der Waals surface area contributed by atoms with Gasteiger partial charge in [0, 0.05) is 20.0 Å². The maximum atomic E-state index is 12.5. The third-order valence-electron chi connectivity index (χ3n) is 5.01. The predicted octanol–water partition coefficient (Wildman–Crippen LogP) is 1.57. The highest BCUT2D eigenvalue weighted by molar-refractivity contribution is 7.99. The summed E-state index contributed by atoms with van der Waals surface area (Å²) >= 11 is 1.17. The van der Waals surface area contributed by atoms with E-state index in [1.54, 1.807) is 11.9 Å². The van der Waals surface area contributed by atoms with Crippen LogP contribution in [0.4, 0.5) is 0 Å². The molecule has 1 fully saturated rings. The van der Waals surface area contributed by atoms with E-state index in [9.17, 15) is 13.2 Å². The van der Waals surface area contributed by atoms with Crippen molar-refractivity contribution in [1.29, 1.82) is 0 Å². The summed E-state index contributed by atoms with van der Waals surface area (Å²) in [6.07, 6.45) is 1.07. The minimum absolute atomic E-state index is 0.0204. The van der Waals surface area contributed by atoms with Crippen molar-refractivity contribution in [3.8, 4) is 11.5 Å².